The molecular formula is C15H22ClN3. The molecule has 0 aliphatic heterocycles. The predicted molar refractivity (Wildman–Crippen MR) is 81.6 cm³/mol. The molecule has 1 saturated carbocycles. The van der Waals surface area contributed by atoms with Gasteiger partial charge in [0, 0.05) is 18.1 Å². The number of hydrogen-bond acceptors (Lipinski definition) is 1. The Bertz CT molecular complexity index is 410. The van der Waals surface area contributed by atoms with Gasteiger partial charge in [0.05, 0.1) is 0 Å². The highest BCUT2D eigenvalue weighted by molar-refractivity contribution is 6.30. The Balaban J connectivity index is 1.59. The molecule has 0 radical (unpaired) electrons. The van der Waals surface area contributed by atoms with Crippen molar-refractivity contribution < 1.29 is 0 Å². The maximum absolute atomic E-state index is 5.85. The van der Waals surface area contributed by atoms with E-state index < -0.39 is 0 Å². The zero-order valence-electron chi connectivity index (χ0n) is 11.2. The van der Waals surface area contributed by atoms with Crippen LogP contribution < -0.4 is 11.1 Å². The number of nitrogens with one attached hydrogen (secondary N) is 1. The number of benzene rings is 1. The quantitative estimate of drug-likeness (QED) is 0.478. The van der Waals surface area contributed by atoms with Crippen molar-refractivity contribution in [3.05, 3.63) is 34.9 Å². The summed E-state index contributed by atoms with van der Waals surface area (Å²) in [5.74, 6) is 1.36. The van der Waals surface area contributed by atoms with Gasteiger partial charge in [0.2, 0.25) is 0 Å². The summed E-state index contributed by atoms with van der Waals surface area (Å²) in [6.45, 7) is 1.75. The lowest BCUT2D eigenvalue weighted by Crippen LogP contribution is -2.33. The van der Waals surface area contributed by atoms with Crippen LogP contribution in [0.25, 0.3) is 0 Å². The highest BCUT2D eigenvalue weighted by Gasteiger charge is 2.16. The minimum Gasteiger partial charge on any atom is -0.370 e. The number of guanidine groups is 1. The van der Waals surface area contributed by atoms with Crippen LogP contribution in [0.2, 0.25) is 5.02 Å². The Labute approximate surface area is 120 Å². The number of nitrogens with two attached hydrogens (primary N) is 1. The second-order valence-electron chi connectivity index (χ2n) is 5.18. The number of halogens is 1. The first kappa shape index (κ1) is 14.2. The molecule has 1 aromatic rings. The zero-order valence-corrected chi connectivity index (χ0v) is 12.0. The lowest BCUT2D eigenvalue weighted by molar-refractivity contribution is 0.326. The number of aliphatic imine (C=N–C) groups is 1. The molecule has 1 aliphatic carbocycles. The Hall–Kier alpha value is -1.22. The van der Waals surface area contributed by atoms with Crippen molar-refractivity contribution >= 4 is 17.6 Å². The molecule has 2 rings (SSSR count). The number of nitrogens with zero attached hydrogens (tertiary/aromatic N) is 1. The van der Waals surface area contributed by atoms with Crippen molar-refractivity contribution in [2.45, 2.75) is 32.1 Å². The third-order valence-electron chi connectivity index (χ3n) is 3.61. The zero-order chi connectivity index (χ0) is 13.5. The molecule has 4 heteroatoms. The van der Waals surface area contributed by atoms with Crippen LogP contribution in [-0.4, -0.2) is 19.0 Å². The standard InChI is InChI=1S/C15H22ClN3/c16-14-8-6-12(7-9-14)5-2-10-18-15(17)19-11-13-3-1-4-13/h6-9,13H,1-5,10-11H2,(H3,17,18,19). The molecule has 0 unspecified atom stereocenters. The summed E-state index contributed by atoms with van der Waals surface area (Å²) in [6, 6.07) is 7.99. The van der Waals surface area contributed by atoms with Gasteiger partial charge in [0.15, 0.2) is 5.96 Å². The lowest BCUT2D eigenvalue weighted by Gasteiger charge is -2.23. The molecule has 0 heterocycles. The normalized spacial score (nSPS) is 16.2. The summed E-state index contributed by atoms with van der Waals surface area (Å²) in [6.07, 6.45) is 6.05. The van der Waals surface area contributed by atoms with E-state index in [2.05, 4.69) is 22.4 Å². The van der Waals surface area contributed by atoms with Gasteiger partial charge in [-0.2, -0.15) is 0 Å². The molecule has 0 atom stereocenters. The van der Waals surface area contributed by atoms with Crippen molar-refractivity contribution in [2.75, 3.05) is 13.1 Å². The molecule has 3 nitrogen and oxygen atoms in total. The summed E-state index contributed by atoms with van der Waals surface area (Å²) in [5, 5.41) is 3.96. The second-order valence-corrected chi connectivity index (χ2v) is 5.62. The van der Waals surface area contributed by atoms with E-state index in [9.17, 15) is 0 Å². The molecule has 19 heavy (non-hydrogen) atoms. The maximum Gasteiger partial charge on any atom is 0.188 e. The molecule has 0 spiro atoms. The van der Waals surface area contributed by atoms with E-state index in [1.165, 1.54) is 24.8 Å². The van der Waals surface area contributed by atoms with E-state index in [4.69, 9.17) is 17.3 Å². The van der Waals surface area contributed by atoms with Gasteiger partial charge in [-0.25, -0.2) is 0 Å². The van der Waals surface area contributed by atoms with E-state index in [1.54, 1.807) is 0 Å². The van der Waals surface area contributed by atoms with Crippen LogP contribution in [0.5, 0.6) is 0 Å². The smallest absolute Gasteiger partial charge is 0.188 e. The maximum atomic E-state index is 5.85. The van der Waals surface area contributed by atoms with Crippen molar-refractivity contribution in [3.8, 4) is 0 Å². The van der Waals surface area contributed by atoms with Crippen molar-refractivity contribution in [3.63, 3.8) is 0 Å². The fraction of sp³-hybridized carbons (Fsp3) is 0.533. The molecule has 1 fully saturated rings. The van der Waals surface area contributed by atoms with Crippen LogP contribution in [0.1, 0.15) is 31.2 Å². The van der Waals surface area contributed by atoms with Gasteiger partial charge in [-0.1, -0.05) is 30.2 Å². The van der Waals surface area contributed by atoms with Gasteiger partial charge in [-0.05, 0) is 49.3 Å². The van der Waals surface area contributed by atoms with Gasteiger partial charge in [-0.15, -0.1) is 0 Å². The second kappa shape index (κ2) is 7.39. The van der Waals surface area contributed by atoms with E-state index in [1.807, 2.05) is 12.1 Å². The summed E-state index contributed by atoms with van der Waals surface area (Å²) in [7, 11) is 0. The van der Waals surface area contributed by atoms with Crippen LogP contribution in [0.15, 0.2) is 29.3 Å². The third kappa shape index (κ3) is 5.11. The van der Waals surface area contributed by atoms with Crippen LogP contribution in [-0.2, 0) is 6.42 Å². The Morgan fingerprint density at radius 3 is 2.68 bits per heavy atom. The monoisotopic (exact) mass is 279 g/mol. The van der Waals surface area contributed by atoms with Crippen LogP contribution in [0.4, 0.5) is 0 Å². The Morgan fingerprint density at radius 1 is 1.32 bits per heavy atom. The van der Waals surface area contributed by atoms with E-state index >= 15 is 0 Å². The number of aryl methyl sites for hydroxylation is 1. The SMILES string of the molecule is NC(=NCC1CCC1)NCCCc1ccc(Cl)cc1. The van der Waals surface area contributed by atoms with Crippen molar-refractivity contribution in [1.82, 2.24) is 5.32 Å². The lowest BCUT2D eigenvalue weighted by atomic mass is 9.86. The third-order valence-corrected chi connectivity index (χ3v) is 3.86. The topological polar surface area (TPSA) is 50.4 Å². The van der Waals surface area contributed by atoms with Gasteiger partial charge in [-0.3, -0.25) is 4.99 Å². The Kier molecular flexibility index (Phi) is 5.52. The number of rotatable bonds is 6. The molecule has 104 valence electrons. The van der Waals surface area contributed by atoms with Gasteiger partial charge < -0.3 is 11.1 Å². The summed E-state index contributed by atoms with van der Waals surface area (Å²) < 4.78 is 0. The van der Waals surface area contributed by atoms with Gasteiger partial charge in [0.1, 0.15) is 0 Å². The van der Waals surface area contributed by atoms with Crippen molar-refractivity contribution in [1.29, 1.82) is 0 Å². The first-order valence-electron chi connectivity index (χ1n) is 7.02. The highest BCUT2D eigenvalue weighted by Crippen LogP contribution is 2.26. The fourth-order valence-electron chi connectivity index (χ4n) is 2.12. The highest BCUT2D eigenvalue weighted by atomic mass is 35.5. The summed E-state index contributed by atoms with van der Waals surface area (Å²) >= 11 is 5.85. The largest absolute Gasteiger partial charge is 0.370 e. The van der Waals surface area contributed by atoms with Crippen LogP contribution in [0, 0.1) is 5.92 Å². The van der Waals surface area contributed by atoms with Crippen LogP contribution in [0.3, 0.4) is 0 Å². The molecule has 0 saturated heterocycles. The molecule has 3 N–H and O–H groups in total. The van der Waals surface area contributed by atoms with Gasteiger partial charge in [0.25, 0.3) is 0 Å². The van der Waals surface area contributed by atoms with Crippen LogP contribution >= 0.6 is 11.6 Å². The molecule has 1 aliphatic rings. The van der Waals surface area contributed by atoms with E-state index in [0.717, 1.165) is 36.9 Å². The first-order valence-corrected chi connectivity index (χ1v) is 7.40. The Morgan fingerprint density at radius 2 is 2.05 bits per heavy atom. The average Bonchev–Trinajstić information content (AvgIpc) is 2.35. The molecular weight excluding hydrogens is 258 g/mol. The summed E-state index contributed by atoms with van der Waals surface area (Å²) in [5.41, 5.74) is 7.12. The average molecular weight is 280 g/mol. The minimum atomic E-state index is 0.586. The molecule has 0 aromatic heterocycles. The molecule has 0 amide bonds. The van der Waals surface area contributed by atoms with E-state index in [-0.39, 0.29) is 0 Å². The predicted octanol–water partition coefficient (Wildman–Crippen LogP) is 2.98. The fourth-order valence-corrected chi connectivity index (χ4v) is 2.24. The summed E-state index contributed by atoms with van der Waals surface area (Å²) in [4.78, 5) is 4.37. The minimum absolute atomic E-state index is 0.586. The first-order chi connectivity index (χ1) is 9.24. The molecule has 1 aromatic carbocycles. The van der Waals surface area contributed by atoms with Gasteiger partial charge >= 0.3 is 0 Å². The number of hydrogen-bond donors (Lipinski definition) is 2. The van der Waals surface area contributed by atoms with E-state index in [0.29, 0.717) is 5.96 Å². The molecule has 0 bridgehead atoms. The van der Waals surface area contributed by atoms with Crippen molar-refractivity contribution in [2.24, 2.45) is 16.6 Å².